The van der Waals surface area contributed by atoms with Crippen molar-refractivity contribution >= 4 is 23.2 Å². The van der Waals surface area contributed by atoms with E-state index in [2.05, 4.69) is 0 Å². The lowest BCUT2D eigenvalue weighted by atomic mass is 10.0. The van der Waals surface area contributed by atoms with Gasteiger partial charge in [-0.05, 0) is 36.6 Å². The first-order chi connectivity index (χ1) is 9.00. The second-order valence-corrected chi connectivity index (χ2v) is 5.29. The maximum atomic E-state index is 14.0. The van der Waals surface area contributed by atoms with E-state index in [1.165, 1.54) is 12.1 Å². The van der Waals surface area contributed by atoms with E-state index in [0.717, 1.165) is 5.56 Å². The molecule has 2 aromatic rings. The van der Waals surface area contributed by atoms with Gasteiger partial charge in [-0.15, -0.1) is 11.6 Å². The normalized spacial score (nSPS) is 12.5. The SMILES string of the molecule is Cc1ccc(F)c(C(Cl)Cc2ccccc2Cl)c1F. The van der Waals surface area contributed by atoms with Gasteiger partial charge in [0.15, 0.2) is 0 Å². The van der Waals surface area contributed by atoms with Crippen molar-refractivity contribution in [2.24, 2.45) is 0 Å². The summed E-state index contributed by atoms with van der Waals surface area (Å²) >= 11 is 12.2. The van der Waals surface area contributed by atoms with E-state index in [9.17, 15) is 8.78 Å². The zero-order chi connectivity index (χ0) is 14.0. The van der Waals surface area contributed by atoms with Gasteiger partial charge in [-0.3, -0.25) is 0 Å². The molecular weight excluding hydrogens is 289 g/mol. The molecule has 0 fully saturated rings. The third-order valence-corrected chi connectivity index (χ3v) is 3.73. The van der Waals surface area contributed by atoms with E-state index in [1.807, 2.05) is 6.07 Å². The Kier molecular flexibility index (Phi) is 4.43. The highest BCUT2D eigenvalue weighted by Gasteiger charge is 2.20. The molecule has 100 valence electrons. The van der Waals surface area contributed by atoms with E-state index in [4.69, 9.17) is 23.2 Å². The molecule has 1 atom stereocenters. The van der Waals surface area contributed by atoms with Crippen LogP contribution in [0.15, 0.2) is 36.4 Å². The van der Waals surface area contributed by atoms with Crippen LogP contribution in [0, 0.1) is 18.6 Å². The van der Waals surface area contributed by atoms with Crippen molar-refractivity contribution in [2.45, 2.75) is 18.7 Å². The summed E-state index contributed by atoms with van der Waals surface area (Å²) in [5, 5.41) is -0.249. The summed E-state index contributed by atoms with van der Waals surface area (Å²) in [6, 6.07) is 9.76. The molecule has 2 aromatic carbocycles. The number of aryl methyl sites for hydroxylation is 1. The average molecular weight is 301 g/mol. The van der Waals surface area contributed by atoms with Crippen LogP contribution in [0.4, 0.5) is 8.78 Å². The second kappa shape index (κ2) is 5.89. The fraction of sp³-hybridized carbons (Fsp3) is 0.200. The Morgan fingerprint density at radius 1 is 1.11 bits per heavy atom. The van der Waals surface area contributed by atoms with Crippen molar-refractivity contribution in [1.29, 1.82) is 0 Å². The molecule has 0 heterocycles. The van der Waals surface area contributed by atoms with Crippen LogP contribution in [0.2, 0.25) is 5.02 Å². The lowest BCUT2D eigenvalue weighted by Gasteiger charge is -2.14. The van der Waals surface area contributed by atoms with Crippen LogP contribution in [-0.4, -0.2) is 0 Å². The lowest BCUT2D eigenvalue weighted by Crippen LogP contribution is -2.04. The van der Waals surface area contributed by atoms with Crippen LogP contribution in [0.5, 0.6) is 0 Å². The predicted molar refractivity (Wildman–Crippen MR) is 74.8 cm³/mol. The summed E-state index contributed by atoms with van der Waals surface area (Å²) < 4.78 is 27.7. The molecule has 0 aliphatic carbocycles. The Labute approximate surface area is 121 Å². The molecule has 0 saturated carbocycles. The Balaban J connectivity index is 2.33. The maximum absolute atomic E-state index is 14.0. The fourth-order valence-electron chi connectivity index (χ4n) is 1.92. The summed E-state index contributed by atoms with van der Waals surface area (Å²) in [5.41, 5.74) is 1.05. The highest BCUT2D eigenvalue weighted by Crippen LogP contribution is 2.32. The Bertz CT molecular complexity index is 597. The van der Waals surface area contributed by atoms with Crippen molar-refractivity contribution < 1.29 is 8.78 Å². The summed E-state index contributed by atoms with van der Waals surface area (Å²) in [4.78, 5) is 0. The smallest absolute Gasteiger partial charge is 0.133 e. The molecule has 2 rings (SSSR count). The fourth-order valence-corrected chi connectivity index (χ4v) is 2.50. The van der Waals surface area contributed by atoms with Crippen LogP contribution in [-0.2, 0) is 6.42 Å². The minimum atomic E-state index is -0.792. The number of hydrogen-bond donors (Lipinski definition) is 0. The van der Waals surface area contributed by atoms with Crippen molar-refractivity contribution in [3.05, 3.63) is 69.7 Å². The van der Waals surface area contributed by atoms with Gasteiger partial charge in [0.05, 0.1) is 5.38 Å². The number of rotatable bonds is 3. The minimum Gasteiger partial charge on any atom is -0.207 e. The molecule has 0 amide bonds. The van der Waals surface area contributed by atoms with Crippen LogP contribution >= 0.6 is 23.2 Å². The molecule has 0 saturated heterocycles. The van der Waals surface area contributed by atoms with Gasteiger partial charge in [0.1, 0.15) is 11.6 Å². The van der Waals surface area contributed by atoms with Gasteiger partial charge in [-0.1, -0.05) is 35.9 Å². The molecular formula is C15H12Cl2F2. The van der Waals surface area contributed by atoms with Crippen LogP contribution in [0.3, 0.4) is 0 Å². The quantitative estimate of drug-likeness (QED) is 0.661. The molecule has 0 aliphatic heterocycles. The van der Waals surface area contributed by atoms with E-state index in [1.54, 1.807) is 25.1 Å². The molecule has 0 radical (unpaired) electrons. The molecule has 19 heavy (non-hydrogen) atoms. The van der Waals surface area contributed by atoms with E-state index in [-0.39, 0.29) is 12.0 Å². The van der Waals surface area contributed by atoms with Crippen molar-refractivity contribution in [3.8, 4) is 0 Å². The van der Waals surface area contributed by atoms with Gasteiger partial charge in [-0.25, -0.2) is 8.78 Å². The molecule has 0 nitrogen and oxygen atoms in total. The molecule has 0 N–H and O–H groups in total. The van der Waals surface area contributed by atoms with Gasteiger partial charge in [0.2, 0.25) is 0 Å². The highest BCUT2D eigenvalue weighted by atomic mass is 35.5. The molecule has 4 heteroatoms. The zero-order valence-corrected chi connectivity index (χ0v) is 11.8. The number of hydrogen-bond acceptors (Lipinski definition) is 0. The average Bonchev–Trinajstić information content (AvgIpc) is 2.37. The summed E-state index contributed by atoms with van der Waals surface area (Å²) in [7, 11) is 0. The van der Waals surface area contributed by atoms with E-state index < -0.39 is 17.0 Å². The monoisotopic (exact) mass is 300 g/mol. The standard InChI is InChI=1S/C15H12Cl2F2/c1-9-6-7-13(18)14(15(9)19)12(17)8-10-4-2-3-5-11(10)16/h2-7,12H,8H2,1H3. The third kappa shape index (κ3) is 3.07. The van der Waals surface area contributed by atoms with Crippen LogP contribution in [0.1, 0.15) is 22.1 Å². The molecule has 0 bridgehead atoms. The van der Waals surface area contributed by atoms with Crippen LogP contribution in [0.25, 0.3) is 0 Å². The first-order valence-corrected chi connectivity index (χ1v) is 6.64. The van der Waals surface area contributed by atoms with Gasteiger partial charge in [0.25, 0.3) is 0 Å². The second-order valence-electron chi connectivity index (χ2n) is 4.36. The number of alkyl halides is 1. The van der Waals surface area contributed by atoms with Crippen molar-refractivity contribution in [3.63, 3.8) is 0 Å². The summed E-state index contributed by atoms with van der Waals surface area (Å²) in [6.07, 6.45) is 0.276. The third-order valence-electron chi connectivity index (χ3n) is 2.99. The van der Waals surface area contributed by atoms with Gasteiger partial charge < -0.3 is 0 Å². The van der Waals surface area contributed by atoms with Gasteiger partial charge in [0, 0.05) is 10.6 Å². The highest BCUT2D eigenvalue weighted by molar-refractivity contribution is 6.31. The van der Waals surface area contributed by atoms with E-state index >= 15 is 0 Å². The molecule has 0 spiro atoms. The number of benzene rings is 2. The molecule has 0 aliphatic rings. The zero-order valence-electron chi connectivity index (χ0n) is 10.3. The Morgan fingerprint density at radius 2 is 1.79 bits per heavy atom. The van der Waals surface area contributed by atoms with Crippen molar-refractivity contribution in [1.82, 2.24) is 0 Å². The van der Waals surface area contributed by atoms with Gasteiger partial charge >= 0.3 is 0 Å². The van der Waals surface area contributed by atoms with Gasteiger partial charge in [-0.2, -0.15) is 0 Å². The lowest BCUT2D eigenvalue weighted by molar-refractivity contribution is 0.545. The maximum Gasteiger partial charge on any atom is 0.133 e. The van der Waals surface area contributed by atoms with Crippen LogP contribution < -0.4 is 0 Å². The largest absolute Gasteiger partial charge is 0.207 e. The molecule has 0 aromatic heterocycles. The minimum absolute atomic E-state index is 0.0958. The predicted octanol–water partition coefficient (Wildman–Crippen LogP) is 5.45. The Hall–Kier alpha value is -1.12. The van der Waals surface area contributed by atoms with E-state index in [0.29, 0.717) is 10.6 Å². The van der Waals surface area contributed by atoms with Crippen molar-refractivity contribution in [2.75, 3.05) is 0 Å². The summed E-state index contributed by atoms with van der Waals surface area (Å²) in [5.74, 6) is -1.22. The first kappa shape index (κ1) is 14.3. The number of halogens is 4. The molecule has 1 unspecified atom stereocenters. The Morgan fingerprint density at radius 3 is 2.47 bits per heavy atom. The topological polar surface area (TPSA) is 0 Å². The summed E-state index contributed by atoms with van der Waals surface area (Å²) in [6.45, 7) is 1.58. The first-order valence-electron chi connectivity index (χ1n) is 5.82.